The standard InChI is InChI=1S/C24H22S/c1-3-17-13-15-19-9-5-7-11-21(19)23(17)25-24-18(4-2)14-16-20-10-6-8-12-22(20)24/h5-16H,3-4H2,1-2H3. The molecule has 0 atom stereocenters. The lowest BCUT2D eigenvalue weighted by molar-refractivity contribution is 1.08. The summed E-state index contributed by atoms with van der Waals surface area (Å²) >= 11 is 1.95. The molecule has 0 aliphatic carbocycles. The average molecular weight is 343 g/mol. The van der Waals surface area contributed by atoms with Crippen molar-refractivity contribution in [3.8, 4) is 0 Å². The first kappa shape index (κ1) is 16.2. The molecule has 4 aromatic carbocycles. The van der Waals surface area contributed by atoms with Crippen LogP contribution >= 0.6 is 11.8 Å². The monoisotopic (exact) mass is 342 g/mol. The fraction of sp³-hybridized carbons (Fsp3) is 0.167. The Hall–Kier alpha value is -2.25. The Bertz CT molecular complexity index is 961. The van der Waals surface area contributed by atoms with Gasteiger partial charge < -0.3 is 0 Å². The molecule has 4 rings (SSSR count). The number of hydrogen-bond donors (Lipinski definition) is 0. The molecule has 0 aliphatic rings. The van der Waals surface area contributed by atoms with Crippen molar-refractivity contribution in [2.45, 2.75) is 36.5 Å². The maximum absolute atomic E-state index is 2.29. The molecule has 0 amide bonds. The summed E-state index contributed by atoms with van der Waals surface area (Å²) in [6.45, 7) is 4.50. The molecule has 0 heterocycles. The van der Waals surface area contributed by atoms with Crippen LogP contribution in [0.1, 0.15) is 25.0 Å². The maximum atomic E-state index is 2.29. The molecule has 0 aromatic heterocycles. The van der Waals surface area contributed by atoms with Gasteiger partial charge in [-0.15, -0.1) is 0 Å². The lowest BCUT2D eigenvalue weighted by Gasteiger charge is -2.16. The van der Waals surface area contributed by atoms with Crippen molar-refractivity contribution in [2.75, 3.05) is 0 Å². The Kier molecular flexibility index (Phi) is 4.50. The van der Waals surface area contributed by atoms with Gasteiger partial charge in [-0.05, 0) is 45.5 Å². The first-order chi connectivity index (χ1) is 12.3. The quantitative estimate of drug-likeness (QED) is 0.376. The van der Waals surface area contributed by atoms with E-state index in [9.17, 15) is 0 Å². The van der Waals surface area contributed by atoms with E-state index in [4.69, 9.17) is 0 Å². The highest BCUT2D eigenvalue weighted by Gasteiger charge is 2.13. The second-order valence-electron chi connectivity index (χ2n) is 6.36. The normalized spacial score (nSPS) is 11.3. The number of fused-ring (bicyclic) bond motifs is 2. The minimum absolute atomic E-state index is 1.05. The van der Waals surface area contributed by atoms with Gasteiger partial charge in [0.25, 0.3) is 0 Å². The molecule has 25 heavy (non-hydrogen) atoms. The van der Waals surface area contributed by atoms with Gasteiger partial charge in [0.1, 0.15) is 0 Å². The van der Waals surface area contributed by atoms with Gasteiger partial charge in [-0.25, -0.2) is 0 Å². The highest BCUT2D eigenvalue weighted by molar-refractivity contribution is 8.00. The fourth-order valence-corrected chi connectivity index (χ4v) is 4.96. The Morgan fingerprint density at radius 3 is 1.44 bits per heavy atom. The first-order valence-electron chi connectivity index (χ1n) is 9.01. The second kappa shape index (κ2) is 6.93. The summed E-state index contributed by atoms with van der Waals surface area (Å²) in [5, 5.41) is 5.37. The zero-order valence-corrected chi connectivity index (χ0v) is 15.6. The van der Waals surface area contributed by atoms with Gasteiger partial charge in [0.2, 0.25) is 0 Å². The van der Waals surface area contributed by atoms with E-state index in [0.717, 1.165) is 12.8 Å². The summed E-state index contributed by atoms with van der Waals surface area (Å²) in [4.78, 5) is 2.82. The van der Waals surface area contributed by atoms with Crippen molar-refractivity contribution < 1.29 is 0 Å². The summed E-state index contributed by atoms with van der Waals surface area (Å²) in [5.41, 5.74) is 2.86. The van der Waals surface area contributed by atoms with E-state index in [1.54, 1.807) is 0 Å². The van der Waals surface area contributed by atoms with E-state index < -0.39 is 0 Å². The van der Waals surface area contributed by atoms with E-state index in [2.05, 4.69) is 86.6 Å². The van der Waals surface area contributed by atoms with E-state index in [1.165, 1.54) is 42.5 Å². The average Bonchev–Trinajstić information content (AvgIpc) is 2.68. The molecule has 0 radical (unpaired) electrons. The molecule has 0 unspecified atom stereocenters. The zero-order chi connectivity index (χ0) is 17.2. The highest BCUT2D eigenvalue weighted by atomic mass is 32.2. The summed E-state index contributed by atoms with van der Waals surface area (Å²) < 4.78 is 0. The van der Waals surface area contributed by atoms with Gasteiger partial charge >= 0.3 is 0 Å². The lowest BCUT2D eigenvalue weighted by atomic mass is 10.1. The number of rotatable bonds is 4. The van der Waals surface area contributed by atoms with Crippen LogP contribution in [0.15, 0.2) is 82.6 Å². The molecule has 0 N–H and O–H groups in total. The van der Waals surface area contributed by atoms with Crippen molar-refractivity contribution >= 4 is 33.3 Å². The zero-order valence-electron chi connectivity index (χ0n) is 14.8. The van der Waals surface area contributed by atoms with Gasteiger partial charge in [-0.3, -0.25) is 0 Å². The molecular formula is C24H22S. The Labute approximate surface area is 153 Å². The van der Waals surface area contributed by atoms with Crippen molar-refractivity contribution in [1.29, 1.82) is 0 Å². The molecule has 1 heteroatoms. The molecule has 124 valence electrons. The van der Waals surface area contributed by atoms with Crippen LogP contribution in [0, 0.1) is 0 Å². The van der Waals surface area contributed by atoms with Crippen LogP contribution in [-0.4, -0.2) is 0 Å². The van der Waals surface area contributed by atoms with E-state index in [0.29, 0.717) is 0 Å². The third-order valence-electron chi connectivity index (χ3n) is 4.89. The van der Waals surface area contributed by atoms with Crippen LogP contribution in [0.3, 0.4) is 0 Å². The third kappa shape index (κ3) is 2.94. The van der Waals surface area contributed by atoms with Crippen molar-refractivity contribution in [3.63, 3.8) is 0 Å². The largest absolute Gasteiger partial charge is 0.0882 e. The molecule has 4 aromatic rings. The predicted octanol–water partition coefficient (Wildman–Crippen LogP) is 7.27. The smallest absolute Gasteiger partial charge is 0.0233 e. The Morgan fingerprint density at radius 1 is 0.560 bits per heavy atom. The maximum Gasteiger partial charge on any atom is 0.0233 e. The van der Waals surface area contributed by atoms with Gasteiger partial charge in [0, 0.05) is 9.79 Å². The number of hydrogen-bond acceptors (Lipinski definition) is 1. The predicted molar refractivity (Wildman–Crippen MR) is 111 cm³/mol. The summed E-state index contributed by atoms with van der Waals surface area (Å²) in [5.74, 6) is 0. The first-order valence-corrected chi connectivity index (χ1v) is 9.82. The third-order valence-corrected chi connectivity index (χ3v) is 6.26. The van der Waals surface area contributed by atoms with Gasteiger partial charge in [0.15, 0.2) is 0 Å². The fourth-order valence-electron chi connectivity index (χ4n) is 3.48. The second-order valence-corrected chi connectivity index (χ2v) is 7.38. The van der Waals surface area contributed by atoms with E-state index >= 15 is 0 Å². The van der Waals surface area contributed by atoms with Crippen LogP contribution in [0.4, 0.5) is 0 Å². The SMILES string of the molecule is CCc1ccc2ccccc2c1Sc1c(CC)ccc2ccccc12. The van der Waals surface area contributed by atoms with Crippen LogP contribution < -0.4 is 0 Å². The molecule has 0 spiro atoms. The number of benzene rings is 4. The molecule has 0 nitrogen and oxygen atoms in total. The lowest BCUT2D eigenvalue weighted by Crippen LogP contribution is -1.92. The molecule has 0 bridgehead atoms. The molecule has 0 saturated heterocycles. The van der Waals surface area contributed by atoms with Crippen molar-refractivity contribution in [1.82, 2.24) is 0 Å². The van der Waals surface area contributed by atoms with Crippen molar-refractivity contribution in [3.05, 3.63) is 83.9 Å². The van der Waals surface area contributed by atoms with Crippen molar-refractivity contribution in [2.24, 2.45) is 0 Å². The van der Waals surface area contributed by atoms with E-state index in [-0.39, 0.29) is 0 Å². The summed E-state index contributed by atoms with van der Waals surface area (Å²) in [6.07, 6.45) is 2.11. The van der Waals surface area contributed by atoms with Crippen LogP contribution in [0.2, 0.25) is 0 Å². The van der Waals surface area contributed by atoms with E-state index in [1.807, 2.05) is 11.8 Å². The molecule has 0 saturated carbocycles. The van der Waals surface area contributed by atoms with Gasteiger partial charge in [-0.1, -0.05) is 98.4 Å². The minimum atomic E-state index is 1.05. The van der Waals surface area contributed by atoms with Crippen LogP contribution in [0.5, 0.6) is 0 Å². The van der Waals surface area contributed by atoms with Gasteiger partial charge in [0.05, 0.1) is 0 Å². The Balaban J connectivity index is 1.97. The topological polar surface area (TPSA) is 0 Å². The highest BCUT2D eigenvalue weighted by Crippen LogP contribution is 2.41. The summed E-state index contributed by atoms with van der Waals surface area (Å²) in [6, 6.07) is 26.6. The van der Waals surface area contributed by atoms with Gasteiger partial charge in [-0.2, -0.15) is 0 Å². The number of aryl methyl sites for hydroxylation is 2. The molecular weight excluding hydrogens is 320 g/mol. The van der Waals surface area contributed by atoms with Crippen LogP contribution in [0.25, 0.3) is 21.5 Å². The molecule has 0 fully saturated rings. The minimum Gasteiger partial charge on any atom is -0.0882 e. The Morgan fingerprint density at radius 2 is 1.00 bits per heavy atom. The summed E-state index contributed by atoms with van der Waals surface area (Å²) in [7, 11) is 0. The molecule has 0 aliphatic heterocycles. The van der Waals surface area contributed by atoms with Crippen LogP contribution in [-0.2, 0) is 12.8 Å².